The molecular weight excluding hydrogens is 170 g/mol. The lowest BCUT2D eigenvalue weighted by Crippen LogP contribution is -2.41. The number of hydrogen-bond acceptors (Lipinski definition) is 3. The van der Waals surface area contributed by atoms with Gasteiger partial charge in [-0.05, 0) is 25.2 Å². The molecule has 2 atom stereocenters. The largest absolute Gasteiger partial charge is 0.480 e. The van der Waals surface area contributed by atoms with E-state index in [9.17, 15) is 9.90 Å². The molecule has 0 aliphatic heterocycles. The predicted octanol–water partition coefficient (Wildman–Crippen LogP) is 0.210. The predicted molar refractivity (Wildman–Crippen MR) is 48.4 cm³/mol. The number of aliphatic hydroxyl groups is 1. The molecule has 0 radical (unpaired) electrons. The summed E-state index contributed by atoms with van der Waals surface area (Å²) >= 11 is 0. The smallest absolute Gasteiger partial charge is 0.320 e. The van der Waals surface area contributed by atoms with Crippen LogP contribution in [0.1, 0.15) is 26.2 Å². The lowest BCUT2D eigenvalue weighted by Gasteiger charge is -2.15. The second-order valence-electron chi connectivity index (χ2n) is 3.61. The Labute approximate surface area is 78.0 Å². The summed E-state index contributed by atoms with van der Waals surface area (Å²) in [6.07, 6.45) is 2.33. The van der Waals surface area contributed by atoms with Gasteiger partial charge in [0.1, 0.15) is 6.04 Å². The summed E-state index contributed by atoms with van der Waals surface area (Å²) < 4.78 is 0. The molecule has 3 N–H and O–H groups in total. The van der Waals surface area contributed by atoms with Crippen molar-refractivity contribution in [1.82, 2.24) is 5.32 Å². The minimum absolute atomic E-state index is 0.367. The zero-order chi connectivity index (χ0) is 9.84. The Morgan fingerprint density at radius 3 is 2.62 bits per heavy atom. The number of rotatable bonds is 6. The molecule has 1 aliphatic rings. The first-order valence-electron chi connectivity index (χ1n) is 4.79. The van der Waals surface area contributed by atoms with Gasteiger partial charge in [0, 0.05) is 6.54 Å². The molecule has 0 amide bonds. The Bertz CT molecular complexity index is 180. The van der Waals surface area contributed by atoms with Gasteiger partial charge in [0.25, 0.3) is 0 Å². The molecule has 0 saturated heterocycles. The molecule has 13 heavy (non-hydrogen) atoms. The summed E-state index contributed by atoms with van der Waals surface area (Å²) in [7, 11) is 0. The molecule has 0 aromatic heterocycles. The number of carboxylic acid groups (broad SMARTS) is 1. The van der Waals surface area contributed by atoms with E-state index in [-0.39, 0.29) is 6.10 Å². The highest BCUT2D eigenvalue weighted by molar-refractivity contribution is 5.73. The molecule has 76 valence electrons. The number of carbonyl (C=O) groups is 1. The van der Waals surface area contributed by atoms with Crippen molar-refractivity contribution in [2.45, 2.75) is 38.3 Å². The molecule has 1 aliphatic carbocycles. The van der Waals surface area contributed by atoms with E-state index in [1.165, 1.54) is 0 Å². The van der Waals surface area contributed by atoms with Crippen LogP contribution in [0.25, 0.3) is 0 Å². The van der Waals surface area contributed by atoms with Crippen molar-refractivity contribution < 1.29 is 15.0 Å². The third kappa shape index (κ3) is 3.32. The molecule has 1 fully saturated rings. The first kappa shape index (κ1) is 10.5. The maximum atomic E-state index is 10.6. The lowest BCUT2D eigenvalue weighted by atomic mass is 10.2. The van der Waals surface area contributed by atoms with Crippen molar-refractivity contribution >= 4 is 5.97 Å². The summed E-state index contributed by atoms with van der Waals surface area (Å²) in [6, 6.07) is -0.520. The zero-order valence-corrected chi connectivity index (χ0v) is 7.86. The van der Waals surface area contributed by atoms with Gasteiger partial charge >= 0.3 is 5.97 Å². The van der Waals surface area contributed by atoms with Gasteiger partial charge in [-0.1, -0.05) is 6.92 Å². The van der Waals surface area contributed by atoms with Gasteiger partial charge in [-0.25, -0.2) is 0 Å². The Morgan fingerprint density at radius 1 is 1.62 bits per heavy atom. The van der Waals surface area contributed by atoms with E-state index in [1.807, 2.05) is 6.92 Å². The molecule has 2 unspecified atom stereocenters. The van der Waals surface area contributed by atoms with Crippen LogP contribution in [0.2, 0.25) is 0 Å². The van der Waals surface area contributed by atoms with Crippen molar-refractivity contribution in [3.8, 4) is 0 Å². The Morgan fingerprint density at radius 2 is 2.23 bits per heavy atom. The van der Waals surface area contributed by atoms with E-state index in [2.05, 4.69) is 5.32 Å². The van der Waals surface area contributed by atoms with E-state index in [4.69, 9.17) is 5.11 Å². The molecule has 0 bridgehead atoms. The molecule has 1 rings (SSSR count). The van der Waals surface area contributed by atoms with Gasteiger partial charge in [0.15, 0.2) is 0 Å². The fraction of sp³-hybridized carbons (Fsp3) is 0.889. The minimum atomic E-state index is -0.842. The second kappa shape index (κ2) is 4.58. The third-order valence-electron chi connectivity index (χ3n) is 2.45. The van der Waals surface area contributed by atoms with Crippen LogP contribution in [0.15, 0.2) is 0 Å². The minimum Gasteiger partial charge on any atom is -0.480 e. The van der Waals surface area contributed by atoms with Gasteiger partial charge in [0.05, 0.1) is 6.10 Å². The molecule has 0 aromatic rings. The SMILES string of the molecule is CCC(NCC(O)C1CC1)C(=O)O. The van der Waals surface area contributed by atoms with Crippen LogP contribution < -0.4 is 5.32 Å². The van der Waals surface area contributed by atoms with Crippen molar-refractivity contribution in [1.29, 1.82) is 0 Å². The highest BCUT2D eigenvalue weighted by Crippen LogP contribution is 2.32. The van der Waals surface area contributed by atoms with E-state index in [0.717, 1.165) is 12.8 Å². The number of aliphatic hydroxyl groups excluding tert-OH is 1. The van der Waals surface area contributed by atoms with Crippen molar-refractivity contribution in [2.75, 3.05) is 6.54 Å². The van der Waals surface area contributed by atoms with Crippen LogP contribution in [0, 0.1) is 5.92 Å². The fourth-order valence-corrected chi connectivity index (χ4v) is 1.32. The number of hydrogen-bond donors (Lipinski definition) is 3. The molecular formula is C9H17NO3. The lowest BCUT2D eigenvalue weighted by molar-refractivity contribution is -0.139. The molecule has 4 heteroatoms. The van der Waals surface area contributed by atoms with E-state index < -0.39 is 12.0 Å². The van der Waals surface area contributed by atoms with Gasteiger partial charge in [0.2, 0.25) is 0 Å². The maximum absolute atomic E-state index is 10.6. The summed E-state index contributed by atoms with van der Waals surface area (Å²) in [5.74, 6) is -0.440. The number of carboxylic acids is 1. The first-order chi connectivity index (χ1) is 6.15. The average molecular weight is 187 g/mol. The summed E-state index contributed by atoms with van der Waals surface area (Å²) in [5, 5.41) is 21.0. The fourth-order valence-electron chi connectivity index (χ4n) is 1.32. The number of nitrogens with one attached hydrogen (secondary N) is 1. The normalized spacial score (nSPS) is 21.1. The highest BCUT2D eigenvalue weighted by Gasteiger charge is 2.30. The van der Waals surface area contributed by atoms with E-state index >= 15 is 0 Å². The van der Waals surface area contributed by atoms with Crippen LogP contribution in [0.4, 0.5) is 0 Å². The van der Waals surface area contributed by atoms with Crippen LogP contribution in [-0.4, -0.2) is 34.9 Å². The topological polar surface area (TPSA) is 69.6 Å². The van der Waals surface area contributed by atoms with Crippen molar-refractivity contribution in [2.24, 2.45) is 5.92 Å². The first-order valence-corrected chi connectivity index (χ1v) is 4.79. The molecule has 1 saturated carbocycles. The highest BCUT2D eigenvalue weighted by atomic mass is 16.4. The molecule has 4 nitrogen and oxygen atoms in total. The van der Waals surface area contributed by atoms with Gasteiger partial charge < -0.3 is 15.5 Å². The average Bonchev–Trinajstić information content (AvgIpc) is 2.86. The number of aliphatic carboxylic acids is 1. The zero-order valence-electron chi connectivity index (χ0n) is 7.86. The van der Waals surface area contributed by atoms with Crippen LogP contribution >= 0.6 is 0 Å². The molecule has 0 heterocycles. The Hall–Kier alpha value is -0.610. The maximum Gasteiger partial charge on any atom is 0.320 e. The second-order valence-corrected chi connectivity index (χ2v) is 3.61. The third-order valence-corrected chi connectivity index (χ3v) is 2.45. The monoisotopic (exact) mass is 187 g/mol. The summed E-state index contributed by atoms with van der Waals surface area (Å²) in [5.41, 5.74) is 0. The van der Waals surface area contributed by atoms with E-state index in [1.54, 1.807) is 0 Å². The Balaban J connectivity index is 2.18. The van der Waals surface area contributed by atoms with Gasteiger partial charge in [-0.3, -0.25) is 4.79 Å². The van der Waals surface area contributed by atoms with Gasteiger partial charge in [-0.2, -0.15) is 0 Å². The molecule has 0 aromatic carbocycles. The van der Waals surface area contributed by atoms with Crippen LogP contribution in [0.3, 0.4) is 0 Å². The molecule has 0 spiro atoms. The van der Waals surface area contributed by atoms with E-state index in [0.29, 0.717) is 18.9 Å². The van der Waals surface area contributed by atoms with Crippen molar-refractivity contribution in [3.63, 3.8) is 0 Å². The summed E-state index contributed by atoms with van der Waals surface area (Å²) in [4.78, 5) is 10.6. The quantitative estimate of drug-likeness (QED) is 0.556. The summed E-state index contributed by atoms with van der Waals surface area (Å²) in [6.45, 7) is 2.21. The Kier molecular flexibility index (Phi) is 3.69. The van der Waals surface area contributed by atoms with Crippen LogP contribution in [0.5, 0.6) is 0 Å². The van der Waals surface area contributed by atoms with Gasteiger partial charge in [-0.15, -0.1) is 0 Å². The standard InChI is InChI=1S/C9H17NO3/c1-2-7(9(12)13)10-5-8(11)6-3-4-6/h6-8,10-11H,2-5H2,1H3,(H,12,13). The van der Waals surface area contributed by atoms with Crippen molar-refractivity contribution in [3.05, 3.63) is 0 Å². The van der Waals surface area contributed by atoms with Crippen LogP contribution in [-0.2, 0) is 4.79 Å².